The Morgan fingerprint density at radius 1 is 1.29 bits per heavy atom. The molecule has 0 aromatic rings. The van der Waals surface area contributed by atoms with Crippen molar-refractivity contribution in [2.24, 2.45) is 0 Å². The lowest BCUT2D eigenvalue weighted by atomic mass is 9.93. The number of nitrogens with one attached hydrogen (secondary N) is 1. The Kier molecular flexibility index (Phi) is 4.90. The maximum atomic E-state index is 5.99. The smallest absolute Gasteiger partial charge is 0.0831 e. The minimum Gasteiger partial charge on any atom is -0.374 e. The van der Waals surface area contributed by atoms with Crippen molar-refractivity contribution >= 4 is 0 Å². The molecule has 1 N–H and O–H groups in total. The fourth-order valence-corrected chi connectivity index (χ4v) is 2.51. The van der Waals surface area contributed by atoms with E-state index in [-0.39, 0.29) is 5.60 Å². The predicted molar refractivity (Wildman–Crippen MR) is 60.6 cm³/mol. The van der Waals surface area contributed by atoms with Crippen LogP contribution >= 0.6 is 0 Å². The summed E-state index contributed by atoms with van der Waals surface area (Å²) in [6, 6.07) is 0.505. The molecule has 0 heterocycles. The highest BCUT2D eigenvalue weighted by molar-refractivity contribution is 4.94. The minimum absolute atomic E-state index is 0.143. The maximum absolute atomic E-state index is 5.99. The van der Waals surface area contributed by atoms with Gasteiger partial charge in [-0.1, -0.05) is 19.8 Å². The van der Waals surface area contributed by atoms with Gasteiger partial charge in [-0.2, -0.15) is 0 Å². The monoisotopic (exact) mass is 199 g/mol. The van der Waals surface area contributed by atoms with Crippen molar-refractivity contribution in [1.82, 2.24) is 5.32 Å². The van der Waals surface area contributed by atoms with Crippen molar-refractivity contribution < 1.29 is 4.74 Å². The molecular formula is C12H25NO. The zero-order valence-corrected chi connectivity index (χ0v) is 9.94. The number of rotatable bonds is 6. The Bertz CT molecular complexity index is 152. The average molecular weight is 199 g/mol. The van der Waals surface area contributed by atoms with E-state index in [0.717, 1.165) is 13.2 Å². The highest BCUT2D eigenvalue weighted by Gasteiger charge is 2.39. The Labute approximate surface area is 88.4 Å². The van der Waals surface area contributed by atoms with Gasteiger partial charge in [0, 0.05) is 12.6 Å². The van der Waals surface area contributed by atoms with Gasteiger partial charge in [-0.25, -0.2) is 0 Å². The van der Waals surface area contributed by atoms with Crippen molar-refractivity contribution in [3.05, 3.63) is 0 Å². The highest BCUT2D eigenvalue weighted by atomic mass is 16.5. The third-order valence-corrected chi connectivity index (χ3v) is 3.37. The van der Waals surface area contributed by atoms with E-state index in [4.69, 9.17) is 4.74 Å². The highest BCUT2D eigenvalue weighted by Crippen LogP contribution is 2.36. The summed E-state index contributed by atoms with van der Waals surface area (Å²) in [6.07, 6.45) is 6.33. The molecule has 0 radical (unpaired) electrons. The normalized spacial score (nSPS) is 22.5. The standard InChI is InChI=1S/C12H25NO/c1-4-10-13-11(3)12(14-5-2)8-6-7-9-12/h11,13H,4-10H2,1-3H3. The molecular weight excluding hydrogens is 174 g/mol. The van der Waals surface area contributed by atoms with Crippen LogP contribution in [-0.4, -0.2) is 24.8 Å². The van der Waals surface area contributed by atoms with Gasteiger partial charge in [0.1, 0.15) is 0 Å². The van der Waals surface area contributed by atoms with Crippen LogP contribution < -0.4 is 5.32 Å². The lowest BCUT2D eigenvalue weighted by Crippen LogP contribution is -2.49. The van der Waals surface area contributed by atoms with E-state index in [0.29, 0.717) is 6.04 Å². The first-order valence-corrected chi connectivity index (χ1v) is 6.12. The van der Waals surface area contributed by atoms with Crippen molar-refractivity contribution in [3.63, 3.8) is 0 Å². The van der Waals surface area contributed by atoms with Gasteiger partial charge in [-0.15, -0.1) is 0 Å². The summed E-state index contributed by atoms with van der Waals surface area (Å²) in [5.74, 6) is 0. The first kappa shape index (κ1) is 12.0. The molecule has 2 nitrogen and oxygen atoms in total. The molecule has 1 fully saturated rings. The lowest BCUT2D eigenvalue weighted by molar-refractivity contribution is -0.0569. The molecule has 1 aliphatic rings. The quantitative estimate of drug-likeness (QED) is 0.710. The molecule has 0 aromatic carbocycles. The zero-order valence-electron chi connectivity index (χ0n) is 9.94. The second-order valence-corrected chi connectivity index (χ2v) is 4.38. The van der Waals surface area contributed by atoms with Crippen LogP contribution in [0.5, 0.6) is 0 Å². The topological polar surface area (TPSA) is 21.3 Å². The first-order chi connectivity index (χ1) is 6.75. The molecule has 1 rings (SSSR count). The van der Waals surface area contributed by atoms with Crippen molar-refractivity contribution in [3.8, 4) is 0 Å². The number of hydrogen-bond acceptors (Lipinski definition) is 2. The van der Waals surface area contributed by atoms with E-state index >= 15 is 0 Å². The van der Waals surface area contributed by atoms with Crippen LogP contribution in [0.1, 0.15) is 52.9 Å². The second kappa shape index (κ2) is 5.72. The third kappa shape index (κ3) is 2.71. The van der Waals surface area contributed by atoms with Gasteiger partial charge in [0.25, 0.3) is 0 Å². The SMILES string of the molecule is CCCNC(C)C1(OCC)CCCC1. The van der Waals surface area contributed by atoms with Crippen molar-refractivity contribution in [2.75, 3.05) is 13.2 Å². The zero-order chi connectivity index (χ0) is 10.4. The molecule has 1 unspecified atom stereocenters. The molecule has 0 spiro atoms. The van der Waals surface area contributed by atoms with Gasteiger partial charge in [0.15, 0.2) is 0 Å². The molecule has 1 aliphatic carbocycles. The Morgan fingerprint density at radius 2 is 1.93 bits per heavy atom. The van der Waals surface area contributed by atoms with Crippen LogP contribution in [0.25, 0.3) is 0 Å². The second-order valence-electron chi connectivity index (χ2n) is 4.38. The van der Waals surface area contributed by atoms with Gasteiger partial charge in [0.05, 0.1) is 5.60 Å². The van der Waals surface area contributed by atoms with Crippen LogP contribution in [-0.2, 0) is 4.74 Å². The number of ether oxygens (including phenoxy) is 1. The van der Waals surface area contributed by atoms with Crippen LogP contribution in [0, 0.1) is 0 Å². The third-order valence-electron chi connectivity index (χ3n) is 3.37. The van der Waals surface area contributed by atoms with Gasteiger partial charge >= 0.3 is 0 Å². The molecule has 0 aliphatic heterocycles. The van der Waals surface area contributed by atoms with Gasteiger partial charge in [0.2, 0.25) is 0 Å². The van der Waals surface area contributed by atoms with E-state index in [1.165, 1.54) is 32.1 Å². The van der Waals surface area contributed by atoms with E-state index < -0.39 is 0 Å². The summed E-state index contributed by atoms with van der Waals surface area (Å²) in [7, 11) is 0. The minimum atomic E-state index is 0.143. The Hall–Kier alpha value is -0.0800. The summed E-state index contributed by atoms with van der Waals surface area (Å²) in [5.41, 5.74) is 0.143. The molecule has 84 valence electrons. The summed E-state index contributed by atoms with van der Waals surface area (Å²) in [4.78, 5) is 0. The van der Waals surface area contributed by atoms with E-state index in [2.05, 4.69) is 26.1 Å². The first-order valence-electron chi connectivity index (χ1n) is 6.12. The molecule has 2 heteroatoms. The fraction of sp³-hybridized carbons (Fsp3) is 1.00. The molecule has 14 heavy (non-hydrogen) atoms. The molecule has 1 atom stereocenters. The van der Waals surface area contributed by atoms with Gasteiger partial charge in [-0.3, -0.25) is 0 Å². The summed E-state index contributed by atoms with van der Waals surface area (Å²) in [5, 5.41) is 3.57. The van der Waals surface area contributed by atoms with Crippen LogP contribution in [0.3, 0.4) is 0 Å². The molecule has 0 amide bonds. The maximum Gasteiger partial charge on any atom is 0.0831 e. The Morgan fingerprint density at radius 3 is 2.43 bits per heavy atom. The predicted octanol–water partition coefficient (Wildman–Crippen LogP) is 2.72. The number of hydrogen-bond donors (Lipinski definition) is 1. The summed E-state index contributed by atoms with van der Waals surface area (Å²) >= 11 is 0. The Balaban J connectivity index is 2.48. The van der Waals surface area contributed by atoms with Crippen molar-refractivity contribution in [1.29, 1.82) is 0 Å². The van der Waals surface area contributed by atoms with E-state index in [1.54, 1.807) is 0 Å². The molecule has 0 bridgehead atoms. The van der Waals surface area contributed by atoms with E-state index in [1.807, 2.05) is 0 Å². The average Bonchev–Trinajstić information content (AvgIpc) is 2.64. The van der Waals surface area contributed by atoms with Crippen LogP contribution in [0.15, 0.2) is 0 Å². The largest absolute Gasteiger partial charge is 0.374 e. The van der Waals surface area contributed by atoms with Gasteiger partial charge in [-0.05, 0) is 39.7 Å². The molecule has 0 aromatic heterocycles. The fourth-order valence-electron chi connectivity index (χ4n) is 2.51. The molecule has 0 saturated heterocycles. The lowest BCUT2D eigenvalue weighted by Gasteiger charge is -2.35. The van der Waals surface area contributed by atoms with Gasteiger partial charge < -0.3 is 10.1 Å². The molecule has 1 saturated carbocycles. The van der Waals surface area contributed by atoms with Crippen LogP contribution in [0.4, 0.5) is 0 Å². The van der Waals surface area contributed by atoms with Crippen molar-refractivity contribution in [2.45, 2.75) is 64.5 Å². The van der Waals surface area contributed by atoms with E-state index in [9.17, 15) is 0 Å². The van der Waals surface area contributed by atoms with Crippen LogP contribution in [0.2, 0.25) is 0 Å². The summed E-state index contributed by atoms with van der Waals surface area (Å²) < 4.78 is 5.99. The summed E-state index contributed by atoms with van der Waals surface area (Å²) in [6.45, 7) is 8.54.